The van der Waals surface area contributed by atoms with Gasteiger partial charge in [-0.3, -0.25) is 4.79 Å². The maximum Gasteiger partial charge on any atom is 0.410 e. The normalized spacial score (nSPS) is 18.1. The minimum Gasteiger partial charge on any atom is -0.444 e. The van der Waals surface area contributed by atoms with Crippen molar-refractivity contribution in [3.8, 4) is 0 Å². The maximum atomic E-state index is 12.2. The predicted octanol–water partition coefficient (Wildman–Crippen LogP) is 2.23. The number of nitrogens with one attached hydrogen (secondary N) is 1. The molecule has 128 valence electrons. The van der Waals surface area contributed by atoms with Crippen LogP contribution >= 0.6 is 11.5 Å². The molecule has 0 saturated carbocycles. The topological polar surface area (TPSA) is 84.4 Å². The minimum absolute atomic E-state index is 0.0280. The van der Waals surface area contributed by atoms with Gasteiger partial charge in [-0.25, -0.2) is 4.79 Å². The van der Waals surface area contributed by atoms with E-state index in [0.717, 1.165) is 24.4 Å². The molecular weight excluding hydrogens is 316 g/mol. The predicted molar refractivity (Wildman–Crippen MR) is 87.6 cm³/mol. The number of aryl methyl sites for hydroxylation is 1. The lowest BCUT2D eigenvalue weighted by Crippen LogP contribution is -2.45. The quantitative estimate of drug-likeness (QED) is 0.908. The van der Waals surface area contributed by atoms with Gasteiger partial charge in [-0.05, 0) is 51.6 Å². The van der Waals surface area contributed by atoms with Crippen molar-refractivity contribution in [3.05, 3.63) is 10.6 Å². The SMILES string of the molecule is CCc1nnsc1C(=O)NC[C@H]1CCCN1C(=O)OC(C)(C)C. The molecule has 2 amide bonds. The molecule has 2 rings (SSSR count). The van der Waals surface area contributed by atoms with Crippen LogP contribution in [-0.4, -0.2) is 51.2 Å². The molecule has 7 nitrogen and oxygen atoms in total. The van der Waals surface area contributed by atoms with E-state index in [0.29, 0.717) is 30.1 Å². The Morgan fingerprint density at radius 3 is 2.83 bits per heavy atom. The van der Waals surface area contributed by atoms with Gasteiger partial charge in [0.2, 0.25) is 0 Å². The number of carbonyl (C=O) groups excluding carboxylic acids is 2. The highest BCUT2D eigenvalue weighted by Crippen LogP contribution is 2.20. The maximum absolute atomic E-state index is 12.2. The summed E-state index contributed by atoms with van der Waals surface area (Å²) >= 11 is 1.10. The largest absolute Gasteiger partial charge is 0.444 e. The molecule has 0 aromatic carbocycles. The first-order valence-electron chi connectivity index (χ1n) is 7.91. The van der Waals surface area contributed by atoms with Gasteiger partial charge in [0.25, 0.3) is 5.91 Å². The smallest absolute Gasteiger partial charge is 0.410 e. The monoisotopic (exact) mass is 340 g/mol. The number of aromatic nitrogens is 2. The van der Waals surface area contributed by atoms with Crippen molar-refractivity contribution in [2.45, 2.75) is 58.6 Å². The zero-order valence-electron chi connectivity index (χ0n) is 14.1. The van der Waals surface area contributed by atoms with Crippen LogP contribution in [0.3, 0.4) is 0 Å². The Bertz CT molecular complexity index is 567. The molecule has 23 heavy (non-hydrogen) atoms. The first kappa shape index (κ1) is 17.7. The first-order valence-corrected chi connectivity index (χ1v) is 8.68. The van der Waals surface area contributed by atoms with Crippen LogP contribution in [0, 0.1) is 0 Å². The molecule has 0 spiro atoms. The fourth-order valence-electron chi connectivity index (χ4n) is 2.51. The molecule has 2 heterocycles. The number of hydrogen-bond donors (Lipinski definition) is 1. The van der Waals surface area contributed by atoms with Crippen molar-refractivity contribution >= 4 is 23.5 Å². The van der Waals surface area contributed by atoms with Crippen molar-refractivity contribution in [2.24, 2.45) is 0 Å². The van der Waals surface area contributed by atoms with Crippen LogP contribution in [0.25, 0.3) is 0 Å². The van der Waals surface area contributed by atoms with E-state index in [-0.39, 0.29) is 18.0 Å². The number of likely N-dealkylation sites (tertiary alicyclic amines) is 1. The molecule has 0 radical (unpaired) electrons. The van der Waals surface area contributed by atoms with Gasteiger partial charge in [-0.2, -0.15) is 0 Å². The molecule has 1 aliphatic rings. The summed E-state index contributed by atoms with van der Waals surface area (Å²) < 4.78 is 9.25. The molecule has 1 saturated heterocycles. The molecular formula is C15H24N4O3S. The van der Waals surface area contributed by atoms with Crippen LogP contribution < -0.4 is 5.32 Å². The summed E-state index contributed by atoms with van der Waals surface area (Å²) in [4.78, 5) is 26.7. The number of ether oxygens (including phenoxy) is 1. The molecule has 0 unspecified atom stereocenters. The lowest BCUT2D eigenvalue weighted by Gasteiger charge is -2.28. The van der Waals surface area contributed by atoms with Gasteiger partial charge in [0.15, 0.2) is 0 Å². The lowest BCUT2D eigenvalue weighted by molar-refractivity contribution is 0.0225. The molecule has 0 bridgehead atoms. The van der Waals surface area contributed by atoms with Crippen LogP contribution in [0.5, 0.6) is 0 Å². The Hall–Kier alpha value is -1.70. The molecule has 1 N–H and O–H groups in total. The Balaban J connectivity index is 1.91. The number of rotatable bonds is 4. The second-order valence-corrected chi connectivity index (χ2v) is 7.34. The zero-order chi connectivity index (χ0) is 17.0. The van der Waals surface area contributed by atoms with Gasteiger partial charge >= 0.3 is 6.09 Å². The van der Waals surface area contributed by atoms with E-state index < -0.39 is 5.60 Å². The summed E-state index contributed by atoms with van der Waals surface area (Å²) in [5.74, 6) is -0.173. The highest BCUT2D eigenvalue weighted by Gasteiger charge is 2.32. The van der Waals surface area contributed by atoms with Crippen LogP contribution in [0.2, 0.25) is 0 Å². The van der Waals surface area contributed by atoms with Gasteiger partial charge in [0.05, 0.1) is 11.7 Å². The Morgan fingerprint density at radius 1 is 1.43 bits per heavy atom. The second-order valence-electron chi connectivity index (χ2n) is 6.58. The van der Waals surface area contributed by atoms with Crippen molar-refractivity contribution in [1.82, 2.24) is 19.8 Å². The number of amides is 2. The lowest BCUT2D eigenvalue weighted by atomic mass is 10.2. The van der Waals surface area contributed by atoms with Gasteiger partial charge < -0.3 is 15.0 Å². The number of hydrogen-bond acceptors (Lipinski definition) is 6. The van der Waals surface area contributed by atoms with Gasteiger partial charge in [-0.15, -0.1) is 5.10 Å². The van der Waals surface area contributed by atoms with Crippen molar-refractivity contribution < 1.29 is 14.3 Å². The summed E-state index contributed by atoms with van der Waals surface area (Å²) in [5.41, 5.74) is 0.195. The highest BCUT2D eigenvalue weighted by molar-refractivity contribution is 7.08. The summed E-state index contributed by atoms with van der Waals surface area (Å²) in [6.45, 7) is 8.56. The first-order chi connectivity index (χ1) is 10.8. The molecule has 1 aliphatic heterocycles. The standard InChI is InChI=1S/C15H24N4O3S/c1-5-11-12(23-18-17-11)13(20)16-9-10-7-6-8-19(10)14(21)22-15(2,3)4/h10H,5-9H2,1-4H3,(H,16,20)/t10-/m1/s1. The van der Waals surface area contributed by atoms with Crippen LogP contribution in [0.1, 0.15) is 55.9 Å². The summed E-state index contributed by atoms with van der Waals surface area (Å²) in [5, 5.41) is 6.83. The van der Waals surface area contributed by atoms with Gasteiger partial charge in [0.1, 0.15) is 10.5 Å². The van der Waals surface area contributed by atoms with Gasteiger partial charge in [0, 0.05) is 13.1 Å². The van der Waals surface area contributed by atoms with E-state index in [9.17, 15) is 9.59 Å². The highest BCUT2D eigenvalue weighted by atomic mass is 32.1. The third-order valence-electron chi connectivity index (χ3n) is 3.60. The average molecular weight is 340 g/mol. The zero-order valence-corrected chi connectivity index (χ0v) is 14.9. The van der Waals surface area contributed by atoms with Crippen molar-refractivity contribution in [2.75, 3.05) is 13.1 Å². The van der Waals surface area contributed by atoms with Gasteiger partial charge in [-0.1, -0.05) is 11.4 Å². The average Bonchev–Trinajstić information content (AvgIpc) is 3.11. The van der Waals surface area contributed by atoms with E-state index in [2.05, 4.69) is 14.9 Å². The van der Waals surface area contributed by atoms with E-state index in [1.54, 1.807) is 4.90 Å². The van der Waals surface area contributed by atoms with E-state index >= 15 is 0 Å². The van der Waals surface area contributed by atoms with E-state index in [1.165, 1.54) is 0 Å². The molecule has 1 atom stereocenters. The fourth-order valence-corrected chi connectivity index (χ4v) is 3.18. The number of nitrogens with zero attached hydrogens (tertiary/aromatic N) is 3. The summed E-state index contributed by atoms with van der Waals surface area (Å²) in [6.07, 6.45) is 2.14. The summed E-state index contributed by atoms with van der Waals surface area (Å²) in [7, 11) is 0. The molecule has 1 aromatic heterocycles. The molecule has 8 heteroatoms. The van der Waals surface area contributed by atoms with Crippen LogP contribution in [0.4, 0.5) is 4.79 Å². The van der Waals surface area contributed by atoms with Crippen LogP contribution in [0.15, 0.2) is 0 Å². The summed E-state index contributed by atoms with van der Waals surface area (Å²) in [6, 6.07) is -0.0280. The molecule has 1 fully saturated rings. The van der Waals surface area contributed by atoms with E-state index in [1.807, 2.05) is 27.7 Å². The third-order valence-corrected chi connectivity index (χ3v) is 4.37. The Labute approximate surface area is 140 Å². The van der Waals surface area contributed by atoms with Crippen molar-refractivity contribution in [3.63, 3.8) is 0 Å². The Kier molecular flexibility index (Phi) is 5.56. The fraction of sp³-hybridized carbons (Fsp3) is 0.733. The van der Waals surface area contributed by atoms with Crippen LogP contribution in [-0.2, 0) is 11.2 Å². The third kappa shape index (κ3) is 4.63. The van der Waals surface area contributed by atoms with Crippen molar-refractivity contribution in [1.29, 1.82) is 0 Å². The molecule has 1 aromatic rings. The van der Waals surface area contributed by atoms with E-state index in [4.69, 9.17) is 4.74 Å². The molecule has 0 aliphatic carbocycles. The second kappa shape index (κ2) is 7.25. The Morgan fingerprint density at radius 2 is 2.17 bits per heavy atom. The minimum atomic E-state index is -0.516. The number of carbonyl (C=O) groups is 2.